The topological polar surface area (TPSA) is 108 Å². The Morgan fingerprint density at radius 1 is 1.55 bits per heavy atom. The first kappa shape index (κ1) is 13.8. The average Bonchev–Trinajstić information content (AvgIpc) is 3.17. The van der Waals surface area contributed by atoms with E-state index in [1.807, 2.05) is 13.8 Å². The molecule has 0 aliphatic carbocycles. The summed E-state index contributed by atoms with van der Waals surface area (Å²) in [4.78, 5) is 14.4. The van der Waals surface area contributed by atoms with E-state index in [-0.39, 0.29) is 22.1 Å². The van der Waals surface area contributed by atoms with Crippen LogP contribution in [0.15, 0.2) is 22.8 Å². The molecule has 2 aromatic heterocycles. The maximum Gasteiger partial charge on any atom is 0.233 e. The van der Waals surface area contributed by atoms with E-state index in [9.17, 15) is 9.90 Å². The van der Waals surface area contributed by atoms with Gasteiger partial charge in [0.05, 0.1) is 11.6 Å². The zero-order valence-electron chi connectivity index (χ0n) is 12.0. The lowest BCUT2D eigenvalue weighted by atomic mass is 9.87. The first-order valence-electron chi connectivity index (χ1n) is 6.96. The van der Waals surface area contributed by atoms with E-state index in [0.717, 1.165) is 0 Å². The highest BCUT2D eigenvalue weighted by Crippen LogP contribution is 2.60. The summed E-state index contributed by atoms with van der Waals surface area (Å²) in [5.41, 5.74) is 0. The van der Waals surface area contributed by atoms with Crippen LogP contribution in [0.5, 0.6) is 0 Å². The van der Waals surface area contributed by atoms with Gasteiger partial charge in [-0.2, -0.15) is 0 Å². The van der Waals surface area contributed by atoms with E-state index in [1.165, 1.54) is 6.26 Å². The molecule has 1 amide bonds. The molecule has 116 valence electrons. The normalized spacial score (nSPS) is 31.0. The summed E-state index contributed by atoms with van der Waals surface area (Å²) >= 11 is 1.65. The third-order valence-corrected chi connectivity index (χ3v) is 5.87. The number of nitrogens with zero attached hydrogens (tertiary/aromatic N) is 4. The number of carbonyl (C=O) groups excluding carboxylic acids is 1. The van der Waals surface area contributed by atoms with E-state index in [4.69, 9.17) is 4.42 Å². The summed E-state index contributed by atoms with van der Waals surface area (Å²) in [6, 6.07) is 3.15. The van der Waals surface area contributed by atoms with Crippen molar-refractivity contribution >= 4 is 17.7 Å². The zero-order chi connectivity index (χ0) is 15.5. The van der Waals surface area contributed by atoms with Crippen molar-refractivity contribution in [2.24, 2.45) is 5.92 Å². The third-order valence-electron chi connectivity index (χ3n) is 4.28. The Hall–Kier alpha value is -1.87. The molecule has 4 heterocycles. The molecule has 22 heavy (non-hydrogen) atoms. The number of hydrogen-bond donors (Lipinski definition) is 2. The zero-order valence-corrected chi connectivity index (χ0v) is 12.8. The minimum Gasteiger partial charge on any atom is -0.467 e. The number of aromatic nitrogens is 4. The number of fused-ring (bicyclic) bond motifs is 1. The minimum absolute atomic E-state index is 0.103. The van der Waals surface area contributed by atoms with Crippen molar-refractivity contribution in [2.75, 3.05) is 0 Å². The van der Waals surface area contributed by atoms with Gasteiger partial charge in [0.15, 0.2) is 5.82 Å². The number of rotatable bonds is 3. The molecule has 2 aliphatic rings. The number of nitrogens with one attached hydrogen (secondary N) is 1. The maximum atomic E-state index is 12.6. The number of aromatic amines is 1. The molecule has 2 aromatic rings. The molecule has 1 unspecified atom stereocenters. The lowest BCUT2D eigenvalue weighted by Crippen LogP contribution is -2.59. The molecular weight excluding hydrogens is 306 g/mol. The van der Waals surface area contributed by atoms with Crippen LogP contribution in [0.25, 0.3) is 0 Å². The summed E-state index contributed by atoms with van der Waals surface area (Å²) < 4.78 is 4.98. The van der Waals surface area contributed by atoms with Gasteiger partial charge in [-0.3, -0.25) is 4.79 Å². The summed E-state index contributed by atoms with van der Waals surface area (Å²) in [5.74, 6) is 0.380. The molecule has 2 saturated heterocycles. The Bertz CT molecular complexity index is 687. The van der Waals surface area contributed by atoms with E-state index < -0.39 is 12.0 Å². The fourth-order valence-corrected chi connectivity index (χ4v) is 5.02. The van der Waals surface area contributed by atoms with Crippen LogP contribution in [0.1, 0.15) is 37.6 Å². The molecule has 0 radical (unpaired) electrons. The van der Waals surface area contributed by atoms with Gasteiger partial charge in [-0.1, -0.05) is 0 Å². The predicted octanol–water partition coefficient (Wildman–Crippen LogP) is 0.877. The van der Waals surface area contributed by atoms with Gasteiger partial charge in [0.2, 0.25) is 5.91 Å². The Morgan fingerprint density at radius 3 is 3.00 bits per heavy atom. The number of thioether (sulfide) groups is 1. The van der Waals surface area contributed by atoms with Crippen LogP contribution in [-0.2, 0) is 4.79 Å². The summed E-state index contributed by atoms with van der Waals surface area (Å²) in [6.07, 6.45) is 0.562. The van der Waals surface area contributed by atoms with Crippen molar-refractivity contribution in [1.82, 2.24) is 25.5 Å². The number of H-pyrrole nitrogens is 1. The largest absolute Gasteiger partial charge is 0.467 e. The lowest BCUT2D eigenvalue weighted by Gasteiger charge is -2.45. The number of amides is 1. The second-order valence-electron chi connectivity index (χ2n) is 6.03. The van der Waals surface area contributed by atoms with Gasteiger partial charge >= 0.3 is 0 Å². The summed E-state index contributed by atoms with van der Waals surface area (Å²) in [6.45, 7) is 4.10. The molecule has 4 rings (SSSR count). The van der Waals surface area contributed by atoms with E-state index in [0.29, 0.717) is 11.6 Å². The molecular formula is C13H15N5O3S. The smallest absolute Gasteiger partial charge is 0.233 e. The van der Waals surface area contributed by atoms with E-state index >= 15 is 0 Å². The standard InChI is InChI=1S/C13H15N5O3S/c1-13(2)9(10-14-16-17-15-10)18-11(20)7(12(18)22-13)8(19)6-4-3-5-21-6/h3-5,7-9,12,19H,1-2H3,(H,14,15,16,17)/t7-,8?,9+,12-/m1/s1. The highest BCUT2D eigenvalue weighted by atomic mass is 32.2. The number of furan rings is 1. The predicted molar refractivity (Wildman–Crippen MR) is 76.4 cm³/mol. The van der Waals surface area contributed by atoms with Gasteiger partial charge in [0, 0.05) is 4.75 Å². The second kappa shape index (κ2) is 4.56. The highest BCUT2D eigenvalue weighted by molar-refractivity contribution is 8.01. The Labute approximate surface area is 130 Å². The number of tetrazole rings is 1. The van der Waals surface area contributed by atoms with Crippen molar-refractivity contribution in [3.63, 3.8) is 0 Å². The SMILES string of the molecule is CC1(C)S[C@@H]2[C@H](C(O)c3ccco3)C(=O)N2[C@H]1c1nnn[nH]1. The monoisotopic (exact) mass is 321 g/mol. The van der Waals surface area contributed by atoms with Crippen LogP contribution in [-0.4, -0.2) is 46.7 Å². The van der Waals surface area contributed by atoms with Gasteiger partial charge in [-0.05, 0) is 36.4 Å². The van der Waals surface area contributed by atoms with Crippen LogP contribution in [0.3, 0.4) is 0 Å². The molecule has 2 fully saturated rings. The number of aliphatic hydroxyl groups is 1. The van der Waals surface area contributed by atoms with Crippen LogP contribution in [0.2, 0.25) is 0 Å². The summed E-state index contributed by atoms with van der Waals surface area (Å²) in [5, 5.41) is 24.2. The Balaban J connectivity index is 1.64. The van der Waals surface area contributed by atoms with Crippen molar-refractivity contribution in [1.29, 1.82) is 0 Å². The first-order valence-corrected chi connectivity index (χ1v) is 7.84. The molecule has 0 spiro atoms. The van der Waals surface area contributed by atoms with Gasteiger partial charge in [-0.25, -0.2) is 5.10 Å². The van der Waals surface area contributed by atoms with Gasteiger partial charge in [-0.15, -0.1) is 16.9 Å². The molecule has 2 aliphatic heterocycles. The number of aliphatic hydroxyl groups excluding tert-OH is 1. The fourth-order valence-electron chi connectivity index (χ4n) is 3.30. The Kier molecular flexibility index (Phi) is 2.85. The van der Waals surface area contributed by atoms with Crippen molar-refractivity contribution in [3.05, 3.63) is 30.0 Å². The quantitative estimate of drug-likeness (QED) is 0.808. The van der Waals surface area contributed by atoms with Crippen LogP contribution < -0.4 is 0 Å². The van der Waals surface area contributed by atoms with Gasteiger partial charge < -0.3 is 14.4 Å². The van der Waals surface area contributed by atoms with Gasteiger partial charge in [0.25, 0.3) is 0 Å². The second-order valence-corrected chi connectivity index (χ2v) is 7.80. The molecule has 0 aromatic carbocycles. The first-order chi connectivity index (χ1) is 10.5. The van der Waals surface area contributed by atoms with Crippen molar-refractivity contribution in [2.45, 2.75) is 36.1 Å². The average molecular weight is 321 g/mol. The van der Waals surface area contributed by atoms with Crippen LogP contribution in [0.4, 0.5) is 0 Å². The molecule has 4 atom stereocenters. The molecule has 9 heteroatoms. The van der Waals surface area contributed by atoms with Gasteiger partial charge in [0.1, 0.15) is 23.8 Å². The molecule has 2 N–H and O–H groups in total. The van der Waals surface area contributed by atoms with Crippen molar-refractivity contribution in [3.8, 4) is 0 Å². The fraction of sp³-hybridized carbons (Fsp3) is 0.538. The molecule has 0 bridgehead atoms. The maximum absolute atomic E-state index is 12.6. The summed E-state index contributed by atoms with van der Waals surface area (Å²) in [7, 11) is 0. The lowest BCUT2D eigenvalue weighted by molar-refractivity contribution is -0.162. The van der Waals surface area contributed by atoms with Crippen molar-refractivity contribution < 1.29 is 14.3 Å². The number of carbonyl (C=O) groups is 1. The minimum atomic E-state index is -0.932. The number of β-lactam (4-membered cyclic amide) rings is 1. The van der Waals surface area contributed by atoms with Crippen LogP contribution >= 0.6 is 11.8 Å². The molecule has 0 saturated carbocycles. The van der Waals surface area contributed by atoms with E-state index in [2.05, 4.69) is 20.6 Å². The van der Waals surface area contributed by atoms with Crippen LogP contribution in [0, 0.1) is 5.92 Å². The van der Waals surface area contributed by atoms with E-state index in [1.54, 1.807) is 28.8 Å². The Morgan fingerprint density at radius 2 is 2.36 bits per heavy atom. The third kappa shape index (κ3) is 1.75. The molecule has 8 nitrogen and oxygen atoms in total. The highest BCUT2D eigenvalue weighted by Gasteiger charge is 2.64. The number of hydrogen-bond acceptors (Lipinski definition) is 7.